The summed E-state index contributed by atoms with van der Waals surface area (Å²) in [5.41, 5.74) is 0. The van der Waals surface area contributed by atoms with E-state index in [1.807, 2.05) is 13.0 Å². The molecule has 0 spiro atoms. The van der Waals surface area contributed by atoms with Crippen molar-refractivity contribution in [1.82, 2.24) is 0 Å². The average Bonchev–Trinajstić information content (AvgIpc) is 2.31. The maximum absolute atomic E-state index is 5.47. The lowest BCUT2D eigenvalue weighted by Crippen LogP contribution is -2.51. The minimum atomic E-state index is 0.849. The van der Waals surface area contributed by atoms with Gasteiger partial charge in [0.15, 0.2) is 0 Å². The summed E-state index contributed by atoms with van der Waals surface area (Å²) < 4.78 is 6.69. The molecule has 0 heterocycles. The molecular weight excluding hydrogens is 198 g/mol. The lowest BCUT2D eigenvalue weighted by atomic mass is 10.2. The molecule has 0 fully saturated rings. The number of hydrogen-bond donors (Lipinski definition) is 0. The second kappa shape index (κ2) is 9.71. The van der Waals surface area contributed by atoms with Crippen molar-refractivity contribution in [2.45, 2.75) is 47.0 Å². The largest absolute Gasteiger partial charge is 0.496 e. The van der Waals surface area contributed by atoms with Crippen molar-refractivity contribution in [2.24, 2.45) is 0 Å². The number of unbranched alkanes of at least 4 members (excludes halogenated alkanes) is 1. The highest BCUT2D eigenvalue weighted by Crippen LogP contribution is 2.11. The summed E-state index contributed by atoms with van der Waals surface area (Å²) in [6, 6.07) is 0. The van der Waals surface area contributed by atoms with Gasteiger partial charge in [0.25, 0.3) is 0 Å². The lowest BCUT2D eigenvalue weighted by molar-refractivity contribution is -0.927. The predicted octanol–water partition coefficient (Wildman–Crippen LogP) is 3.58. The van der Waals surface area contributed by atoms with Gasteiger partial charge >= 0.3 is 0 Å². The number of quaternary nitrogens is 1. The molecule has 0 aliphatic rings. The summed E-state index contributed by atoms with van der Waals surface area (Å²) in [5, 5.41) is 0. The fraction of sp³-hybridized carbons (Fsp3) is 0.857. The Morgan fingerprint density at radius 1 is 1.00 bits per heavy atom. The van der Waals surface area contributed by atoms with Crippen LogP contribution in [-0.4, -0.2) is 37.3 Å². The fourth-order valence-electron chi connectivity index (χ4n) is 2.19. The maximum Gasteiger partial charge on any atom is 0.136 e. The maximum atomic E-state index is 5.47. The number of allylic oxidation sites excluding steroid dienone is 1. The van der Waals surface area contributed by atoms with E-state index in [4.69, 9.17) is 4.74 Å². The highest BCUT2D eigenvalue weighted by atomic mass is 16.5. The van der Waals surface area contributed by atoms with Crippen LogP contribution in [0, 0.1) is 0 Å². The fourth-order valence-corrected chi connectivity index (χ4v) is 2.19. The first-order valence-electron chi connectivity index (χ1n) is 6.82. The van der Waals surface area contributed by atoms with Crippen LogP contribution >= 0.6 is 0 Å². The standard InChI is InChI=1S/C14H30NO/c1-5-9-11-15(8-4,10-6-2)12-14-16-13-7-3/h7,13H,5-6,8-12,14H2,1-4H3/q+1. The summed E-state index contributed by atoms with van der Waals surface area (Å²) in [4.78, 5) is 0. The summed E-state index contributed by atoms with van der Waals surface area (Å²) in [6.45, 7) is 14.7. The Labute approximate surface area is 102 Å². The summed E-state index contributed by atoms with van der Waals surface area (Å²) in [5.74, 6) is 0. The number of likely N-dealkylation sites (N-methyl/N-ethyl adjacent to an activating group) is 1. The molecule has 0 saturated heterocycles. The van der Waals surface area contributed by atoms with Gasteiger partial charge in [-0.1, -0.05) is 26.3 Å². The van der Waals surface area contributed by atoms with Gasteiger partial charge in [0.1, 0.15) is 13.2 Å². The van der Waals surface area contributed by atoms with Gasteiger partial charge in [0, 0.05) is 0 Å². The molecule has 0 aromatic carbocycles. The first-order chi connectivity index (χ1) is 7.74. The first kappa shape index (κ1) is 15.5. The van der Waals surface area contributed by atoms with Crippen molar-refractivity contribution in [3.05, 3.63) is 12.3 Å². The molecule has 96 valence electrons. The van der Waals surface area contributed by atoms with Crippen molar-refractivity contribution in [3.63, 3.8) is 0 Å². The Morgan fingerprint density at radius 2 is 1.75 bits per heavy atom. The van der Waals surface area contributed by atoms with Gasteiger partial charge in [-0.05, 0) is 26.7 Å². The quantitative estimate of drug-likeness (QED) is 0.315. The van der Waals surface area contributed by atoms with Gasteiger partial charge in [-0.25, -0.2) is 0 Å². The SMILES string of the molecule is CC=COCC[N+](CC)(CCC)CCCC. The topological polar surface area (TPSA) is 9.23 Å². The Bertz CT molecular complexity index is 180. The van der Waals surface area contributed by atoms with E-state index in [0.717, 1.165) is 13.2 Å². The number of nitrogens with zero attached hydrogens (tertiary/aromatic N) is 1. The third-order valence-electron chi connectivity index (χ3n) is 3.27. The predicted molar refractivity (Wildman–Crippen MR) is 71.4 cm³/mol. The van der Waals surface area contributed by atoms with Crippen molar-refractivity contribution in [2.75, 3.05) is 32.8 Å². The van der Waals surface area contributed by atoms with Gasteiger partial charge in [0.05, 0.1) is 25.9 Å². The van der Waals surface area contributed by atoms with Gasteiger partial charge in [-0.15, -0.1) is 0 Å². The second-order valence-electron chi connectivity index (χ2n) is 4.52. The Hall–Kier alpha value is -0.500. The molecule has 0 amide bonds. The smallest absolute Gasteiger partial charge is 0.136 e. The Kier molecular flexibility index (Phi) is 9.40. The van der Waals surface area contributed by atoms with Crippen LogP contribution in [0.25, 0.3) is 0 Å². The number of ether oxygens (including phenoxy) is 1. The molecule has 16 heavy (non-hydrogen) atoms. The molecule has 1 unspecified atom stereocenters. The molecule has 0 bridgehead atoms. The zero-order chi connectivity index (χ0) is 12.3. The first-order valence-corrected chi connectivity index (χ1v) is 6.82. The van der Waals surface area contributed by atoms with Crippen LogP contribution in [0.4, 0.5) is 0 Å². The van der Waals surface area contributed by atoms with Crippen molar-refractivity contribution < 1.29 is 9.22 Å². The van der Waals surface area contributed by atoms with E-state index in [1.54, 1.807) is 6.26 Å². The molecule has 0 N–H and O–H groups in total. The highest BCUT2D eigenvalue weighted by Gasteiger charge is 2.23. The summed E-state index contributed by atoms with van der Waals surface area (Å²) in [6.07, 6.45) is 7.64. The van der Waals surface area contributed by atoms with Gasteiger partial charge in [-0.2, -0.15) is 0 Å². The molecule has 0 radical (unpaired) electrons. The minimum absolute atomic E-state index is 0.849. The van der Waals surface area contributed by atoms with Crippen molar-refractivity contribution in [3.8, 4) is 0 Å². The lowest BCUT2D eigenvalue weighted by Gasteiger charge is -2.37. The average molecular weight is 228 g/mol. The van der Waals surface area contributed by atoms with Crippen LogP contribution in [0.3, 0.4) is 0 Å². The molecule has 2 heteroatoms. The zero-order valence-electron chi connectivity index (χ0n) is 11.7. The summed E-state index contributed by atoms with van der Waals surface area (Å²) in [7, 11) is 0. The van der Waals surface area contributed by atoms with Crippen LogP contribution in [-0.2, 0) is 4.74 Å². The molecule has 0 saturated carbocycles. The van der Waals surface area contributed by atoms with Gasteiger partial charge in [0.2, 0.25) is 0 Å². The van der Waals surface area contributed by atoms with E-state index in [-0.39, 0.29) is 0 Å². The van der Waals surface area contributed by atoms with E-state index >= 15 is 0 Å². The number of rotatable bonds is 10. The van der Waals surface area contributed by atoms with Crippen LogP contribution in [0.1, 0.15) is 47.0 Å². The zero-order valence-corrected chi connectivity index (χ0v) is 11.7. The van der Waals surface area contributed by atoms with Gasteiger partial charge in [-0.3, -0.25) is 0 Å². The highest BCUT2D eigenvalue weighted by molar-refractivity contribution is 4.64. The molecule has 0 aromatic heterocycles. The van der Waals surface area contributed by atoms with Crippen LogP contribution < -0.4 is 0 Å². The van der Waals surface area contributed by atoms with E-state index < -0.39 is 0 Å². The van der Waals surface area contributed by atoms with Gasteiger partial charge < -0.3 is 9.22 Å². The third kappa shape index (κ3) is 6.16. The van der Waals surface area contributed by atoms with E-state index in [0.29, 0.717) is 0 Å². The molecular formula is C14H30NO+. The van der Waals surface area contributed by atoms with E-state index in [1.165, 1.54) is 43.4 Å². The Morgan fingerprint density at radius 3 is 2.25 bits per heavy atom. The van der Waals surface area contributed by atoms with E-state index in [9.17, 15) is 0 Å². The third-order valence-corrected chi connectivity index (χ3v) is 3.27. The van der Waals surface area contributed by atoms with Crippen molar-refractivity contribution >= 4 is 0 Å². The second-order valence-corrected chi connectivity index (χ2v) is 4.52. The molecule has 1 atom stereocenters. The van der Waals surface area contributed by atoms with Crippen LogP contribution in [0.15, 0.2) is 12.3 Å². The van der Waals surface area contributed by atoms with Crippen LogP contribution in [0.5, 0.6) is 0 Å². The summed E-state index contributed by atoms with van der Waals surface area (Å²) >= 11 is 0. The molecule has 0 aliphatic heterocycles. The molecule has 0 aromatic rings. The monoisotopic (exact) mass is 228 g/mol. The van der Waals surface area contributed by atoms with Crippen LogP contribution in [0.2, 0.25) is 0 Å². The Balaban J connectivity index is 4.14. The number of hydrogen-bond acceptors (Lipinski definition) is 1. The van der Waals surface area contributed by atoms with Crippen molar-refractivity contribution in [1.29, 1.82) is 0 Å². The minimum Gasteiger partial charge on any atom is -0.496 e. The molecule has 0 rings (SSSR count). The normalized spacial score (nSPS) is 15.2. The van der Waals surface area contributed by atoms with E-state index in [2.05, 4.69) is 20.8 Å². The molecule has 2 nitrogen and oxygen atoms in total. The molecule has 0 aliphatic carbocycles.